The van der Waals surface area contributed by atoms with Gasteiger partial charge in [-0.1, -0.05) is 32.1 Å². The normalized spacial score (nSPS) is 36.3. The first-order valence-corrected chi connectivity index (χ1v) is 8.97. The summed E-state index contributed by atoms with van der Waals surface area (Å²) in [5, 5.41) is 39.2. The van der Waals surface area contributed by atoms with E-state index in [0.29, 0.717) is 37.0 Å². The van der Waals surface area contributed by atoms with E-state index in [1.54, 1.807) is 0 Å². The summed E-state index contributed by atoms with van der Waals surface area (Å²) in [6.07, 6.45) is 8.03. The lowest BCUT2D eigenvalue weighted by Crippen LogP contribution is -2.38. The first-order chi connectivity index (χ1) is 10.9. The molecule has 23 heavy (non-hydrogen) atoms. The number of aliphatic hydroxyl groups excluding tert-OH is 4. The maximum Gasteiger partial charge on any atom is 0.0617 e. The van der Waals surface area contributed by atoms with Crippen molar-refractivity contribution in [3.05, 3.63) is 23.8 Å². The Kier molecular flexibility index (Phi) is 6.84. The molecule has 0 radical (unpaired) electrons. The molecule has 0 aromatic rings. The third kappa shape index (κ3) is 4.90. The van der Waals surface area contributed by atoms with Gasteiger partial charge in [-0.3, -0.25) is 0 Å². The summed E-state index contributed by atoms with van der Waals surface area (Å²) in [6, 6.07) is 0. The lowest BCUT2D eigenvalue weighted by molar-refractivity contribution is 0.0340. The van der Waals surface area contributed by atoms with E-state index in [1.165, 1.54) is 5.57 Å². The third-order valence-electron chi connectivity index (χ3n) is 5.46. The molecule has 0 unspecified atom stereocenters. The average Bonchev–Trinajstić information content (AvgIpc) is 2.46. The summed E-state index contributed by atoms with van der Waals surface area (Å²) < 4.78 is 0. The maximum atomic E-state index is 10.5. The van der Waals surface area contributed by atoms with Crippen LogP contribution >= 0.6 is 0 Å². The smallest absolute Gasteiger partial charge is 0.0617 e. The molecule has 132 valence electrons. The summed E-state index contributed by atoms with van der Waals surface area (Å²) in [7, 11) is 0. The lowest BCUT2D eigenvalue weighted by Gasteiger charge is -2.41. The number of rotatable bonds is 7. The van der Waals surface area contributed by atoms with Gasteiger partial charge in [0.15, 0.2) is 0 Å². The highest BCUT2D eigenvalue weighted by molar-refractivity contribution is 5.31. The number of aliphatic hydroxyl groups is 4. The molecule has 0 aliphatic heterocycles. The Bertz CT molecular complexity index is 431. The van der Waals surface area contributed by atoms with Crippen LogP contribution in [0.25, 0.3) is 0 Å². The number of hydrogen-bond acceptors (Lipinski definition) is 4. The van der Waals surface area contributed by atoms with Crippen LogP contribution in [0.15, 0.2) is 23.8 Å². The number of hydrogen-bond donors (Lipinski definition) is 4. The van der Waals surface area contributed by atoms with Crippen molar-refractivity contribution in [2.24, 2.45) is 23.7 Å². The molecule has 0 amide bonds. The van der Waals surface area contributed by atoms with Crippen LogP contribution in [0, 0.1) is 23.7 Å². The molecule has 0 aromatic carbocycles. The molecule has 0 fully saturated rings. The second kappa shape index (κ2) is 8.43. The SMILES string of the molecule is C[C@H]1[13CH]=C2[13CH]=C[13C@H](C)[C@H]([13CH2]C[13C@@H]([18OH])C[13C@@H]([18OH])C[13CH2][18OH])[13C@H]2[C@@H](O)[13CH2]1. The van der Waals surface area contributed by atoms with E-state index in [1.807, 2.05) is 0 Å². The van der Waals surface area contributed by atoms with Crippen molar-refractivity contribution < 1.29 is 20.4 Å². The highest BCUT2D eigenvalue weighted by atomic mass is 18.2. The minimum absolute atomic E-state index is 0.0566. The molecular formula is C19H32O4. The molecule has 0 saturated carbocycles. The van der Waals surface area contributed by atoms with Crippen LogP contribution in [-0.2, 0) is 0 Å². The summed E-state index contributed by atoms with van der Waals surface area (Å²) >= 11 is 0. The van der Waals surface area contributed by atoms with E-state index in [4.69, 9.17) is 5.11 Å². The zero-order chi connectivity index (χ0) is 17.0. The molecule has 0 saturated heterocycles. The molecular weight excluding hydrogens is 307 g/mol. The van der Waals surface area contributed by atoms with Crippen LogP contribution in [-0.4, -0.2) is 45.3 Å². The van der Waals surface area contributed by atoms with Crippen LogP contribution in [0.3, 0.4) is 0 Å². The molecule has 0 heterocycles. The molecule has 4 N–H and O–H groups in total. The molecule has 0 spiro atoms. The highest BCUT2D eigenvalue weighted by Gasteiger charge is 2.38. The average molecular weight is 339 g/mol. The lowest BCUT2D eigenvalue weighted by atomic mass is 10.1. The Balaban J connectivity index is 1.95. The van der Waals surface area contributed by atoms with Gasteiger partial charge in [0.1, 0.15) is 0 Å². The van der Waals surface area contributed by atoms with E-state index in [-0.39, 0.29) is 18.6 Å². The predicted octanol–water partition coefficient (Wildman–Crippen LogP) is 2.03. The monoisotopic (exact) mass is 339 g/mol. The quantitative estimate of drug-likeness (QED) is 0.423. The molecule has 0 aromatic heterocycles. The van der Waals surface area contributed by atoms with Gasteiger partial charge in [-0.2, -0.15) is 0 Å². The summed E-state index contributed by atoms with van der Waals surface area (Å²) in [4.78, 5) is 0. The number of allylic oxidation sites excluding steroid dienone is 3. The van der Waals surface area contributed by atoms with Gasteiger partial charge in [0, 0.05) is 12.5 Å². The van der Waals surface area contributed by atoms with Crippen molar-refractivity contribution >= 4 is 0 Å². The van der Waals surface area contributed by atoms with Crippen LogP contribution in [0.1, 0.15) is 46.0 Å². The van der Waals surface area contributed by atoms with Crippen molar-refractivity contribution in [1.82, 2.24) is 0 Å². The predicted molar refractivity (Wildman–Crippen MR) is 90.7 cm³/mol. The van der Waals surface area contributed by atoms with Crippen molar-refractivity contribution in [2.45, 2.75) is 64.3 Å². The van der Waals surface area contributed by atoms with Gasteiger partial charge in [0.25, 0.3) is 0 Å². The Morgan fingerprint density at radius 3 is 2.61 bits per heavy atom. The zero-order valence-corrected chi connectivity index (χ0v) is 14.3. The van der Waals surface area contributed by atoms with Gasteiger partial charge < -0.3 is 20.4 Å². The van der Waals surface area contributed by atoms with E-state index < -0.39 is 12.2 Å². The standard InChI is InChI=1S/C19H32O4/c1-12-9-14-4-3-13(2)17(19(14)18(23)10-12)6-5-15(21)11-16(22)7-8-20/h3-4,9,12-13,15-23H,5-8,10-11H2,1-2H3/t12-,13-,15+,16-,17-,18-,19-/m0/s1/i4+1,6+1,8+1,9+1,10+1,13+1,15+1,16+1,19+1,20+2,21+2,22+2. The maximum absolute atomic E-state index is 10.5. The fourth-order valence-corrected chi connectivity index (χ4v) is 4.22. The van der Waals surface area contributed by atoms with Crippen LogP contribution in [0.2, 0.25) is 0 Å². The first-order valence-electron chi connectivity index (χ1n) is 8.97. The first kappa shape index (κ1) is 18.7. The van der Waals surface area contributed by atoms with Gasteiger partial charge in [0.2, 0.25) is 0 Å². The van der Waals surface area contributed by atoms with Gasteiger partial charge in [-0.25, -0.2) is 0 Å². The van der Waals surface area contributed by atoms with Crippen LogP contribution in [0.5, 0.6) is 0 Å². The van der Waals surface area contributed by atoms with Gasteiger partial charge >= 0.3 is 0 Å². The molecule has 4 heteroatoms. The number of fused-ring (bicyclic) bond motifs is 1. The minimum atomic E-state index is -0.643. The fraction of sp³-hybridized carbons (Fsp3) is 0.789. The van der Waals surface area contributed by atoms with Crippen LogP contribution < -0.4 is 0 Å². The largest absolute Gasteiger partial charge is 0.396 e. The molecule has 2 aliphatic carbocycles. The second-order valence-electron chi connectivity index (χ2n) is 7.49. The van der Waals surface area contributed by atoms with Crippen molar-refractivity contribution in [2.75, 3.05) is 6.61 Å². The zero-order valence-electron chi connectivity index (χ0n) is 14.3. The van der Waals surface area contributed by atoms with Crippen LogP contribution in [0.4, 0.5) is 0 Å². The fourth-order valence-electron chi connectivity index (χ4n) is 4.22. The molecule has 7 atom stereocenters. The molecule has 2 aliphatic rings. The third-order valence-corrected chi connectivity index (χ3v) is 5.46. The molecule has 2 rings (SSSR count). The Morgan fingerprint density at radius 1 is 1.22 bits per heavy atom. The van der Waals surface area contributed by atoms with Crippen molar-refractivity contribution in [3.8, 4) is 0 Å². The summed E-state index contributed by atoms with van der Waals surface area (Å²) in [5.41, 5.74) is 1.24. The molecule has 0 bridgehead atoms. The topological polar surface area (TPSA) is 80.9 Å². The van der Waals surface area contributed by atoms with E-state index in [2.05, 4.69) is 32.1 Å². The minimum Gasteiger partial charge on any atom is -0.396 e. The Labute approximate surface area is 139 Å². The summed E-state index contributed by atoms with van der Waals surface area (Å²) in [5.74, 6) is 1.29. The highest BCUT2D eigenvalue weighted by Crippen LogP contribution is 2.43. The van der Waals surface area contributed by atoms with Gasteiger partial charge in [-0.05, 0) is 55.4 Å². The van der Waals surface area contributed by atoms with Gasteiger partial charge in [-0.15, -0.1) is 0 Å². The Hall–Kier alpha value is -0.680. The Morgan fingerprint density at radius 2 is 1.91 bits per heavy atom. The van der Waals surface area contributed by atoms with E-state index in [0.717, 1.165) is 12.8 Å². The van der Waals surface area contributed by atoms with E-state index >= 15 is 0 Å². The van der Waals surface area contributed by atoms with Crippen molar-refractivity contribution in [1.29, 1.82) is 0 Å². The van der Waals surface area contributed by atoms with Crippen molar-refractivity contribution in [3.63, 3.8) is 0 Å². The molecule has 4 nitrogen and oxygen atoms in total. The van der Waals surface area contributed by atoms with Gasteiger partial charge in [0.05, 0.1) is 18.3 Å². The second-order valence-corrected chi connectivity index (χ2v) is 7.49. The summed E-state index contributed by atoms with van der Waals surface area (Å²) in [6.45, 7) is 4.26. The van der Waals surface area contributed by atoms with E-state index in [9.17, 15) is 15.3 Å².